The van der Waals surface area contributed by atoms with E-state index in [9.17, 15) is 4.79 Å². The fraction of sp³-hybridized carbons (Fsp3) is 0.536. The van der Waals surface area contributed by atoms with Crippen LogP contribution < -0.4 is 14.2 Å². The molecular formula is C28H38N2O4. The summed E-state index contributed by atoms with van der Waals surface area (Å²) in [4.78, 5) is 17.7. The highest BCUT2D eigenvalue weighted by Crippen LogP contribution is 2.39. The van der Waals surface area contributed by atoms with Crippen LogP contribution in [0.25, 0.3) is 0 Å². The molecule has 1 heterocycles. The van der Waals surface area contributed by atoms with Gasteiger partial charge in [-0.3, -0.25) is 9.69 Å². The summed E-state index contributed by atoms with van der Waals surface area (Å²) in [5, 5.41) is 0. The Balaban J connectivity index is 1.37. The second-order valence-electron chi connectivity index (χ2n) is 9.45. The molecule has 0 aromatic heterocycles. The molecule has 1 aliphatic carbocycles. The number of carbonyl (C=O) groups is 1. The van der Waals surface area contributed by atoms with Crippen molar-refractivity contribution in [2.24, 2.45) is 5.92 Å². The number of ether oxygens (including phenoxy) is 3. The molecule has 0 unspecified atom stereocenters. The molecule has 6 nitrogen and oxygen atoms in total. The minimum absolute atomic E-state index is 0.105. The van der Waals surface area contributed by atoms with E-state index in [0.717, 1.165) is 75.5 Å². The number of fused-ring (bicyclic) bond motifs is 1. The summed E-state index contributed by atoms with van der Waals surface area (Å²) in [7, 11) is 5.13. The Bertz CT molecular complexity index is 951. The molecule has 4 rings (SSSR count). The molecule has 0 atom stereocenters. The van der Waals surface area contributed by atoms with Gasteiger partial charge in [-0.25, -0.2) is 0 Å². The van der Waals surface area contributed by atoms with Crippen molar-refractivity contribution in [1.82, 2.24) is 9.80 Å². The zero-order valence-electron chi connectivity index (χ0n) is 21.0. The van der Waals surface area contributed by atoms with E-state index in [2.05, 4.69) is 11.8 Å². The summed E-state index contributed by atoms with van der Waals surface area (Å²) < 4.78 is 16.6. The molecule has 6 heteroatoms. The van der Waals surface area contributed by atoms with Crippen LogP contribution in [0.4, 0.5) is 0 Å². The smallest absolute Gasteiger partial charge is 0.253 e. The molecule has 0 saturated carbocycles. The first-order chi connectivity index (χ1) is 16.6. The van der Waals surface area contributed by atoms with Gasteiger partial charge >= 0.3 is 0 Å². The van der Waals surface area contributed by atoms with Crippen LogP contribution in [0.1, 0.15) is 47.7 Å². The summed E-state index contributed by atoms with van der Waals surface area (Å²) in [6.07, 6.45) is 5.23. The van der Waals surface area contributed by atoms with Crippen molar-refractivity contribution in [3.8, 4) is 17.2 Å². The molecule has 0 spiro atoms. The van der Waals surface area contributed by atoms with Crippen molar-refractivity contribution < 1.29 is 19.0 Å². The van der Waals surface area contributed by atoms with Gasteiger partial charge < -0.3 is 19.1 Å². The third-order valence-electron chi connectivity index (χ3n) is 7.40. The Hall–Kier alpha value is -2.73. The van der Waals surface area contributed by atoms with Gasteiger partial charge in [-0.15, -0.1) is 0 Å². The second kappa shape index (κ2) is 11.1. The van der Waals surface area contributed by atoms with Crippen LogP contribution in [0.3, 0.4) is 0 Å². The van der Waals surface area contributed by atoms with Crippen molar-refractivity contribution >= 4 is 5.91 Å². The largest absolute Gasteiger partial charge is 0.497 e. The third-order valence-corrected chi connectivity index (χ3v) is 7.40. The Labute approximate surface area is 203 Å². The summed E-state index contributed by atoms with van der Waals surface area (Å²) in [6, 6.07) is 12.0. The van der Waals surface area contributed by atoms with Gasteiger partial charge in [0, 0.05) is 42.4 Å². The molecule has 184 valence electrons. The van der Waals surface area contributed by atoms with E-state index >= 15 is 0 Å². The Morgan fingerprint density at radius 2 is 1.62 bits per heavy atom. The monoisotopic (exact) mass is 466 g/mol. The number of likely N-dealkylation sites (tertiary alicyclic amines) is 1. The maximum Gasteiger partial charge on any atom is 0.253 e. The number of carbonyl (C=O) groups excluding carboxylic acids is 1. The maximum absolute atomic E-state index is 13.0. The predicted octanol–water partition coefficient (Wildman–Crippen LogP) is 4.44. The van der Waals surface area contributed by atoms with Crippen LogP contribution in [0.15, 0.2) is 36.4 Å². The molecule has 34 heavy (non-hydrogen) atoms. The Morgan fingerprint density at radius 1 is 0.971 bits per heavy atom. The van der Waals surface area contributed by atoms with Gasteiger partial charge in [0.15, 0.2) is 0 Å². The molecule has 0 N–H and O–H groups in total. The number of piperidine rings is 1. The average Bonchev–Trinajstić information content (AvgIpc) is 3.33. The molecule has 2 aromatic rings. The molecule has 1 saturated heterocycles. The summed E-state index contributed by atoms with van der Waals surface area (Å²) in [5.41, 5.74) is 3.30. The Morgan fingerprint density at radius 3 is 2.18 bits per heavy atom. The second-order valence-corrected chi connectivity index (χ2v) is 9.45. The van der Waals surface area contributed by atoms with E-state index in [1.54, 1.807) is 21.3 Å². The summed E-state index contributed by atoms with van der Waals surface area (Å²) in [6.45, 7) is 6.05. The minimum Gasteiger partial charge on any atom is -0.497 e. The van der Waals surface area contributed by atoms with Gasteiger partial charge in [-0.05, 0) is 74.9 Å². The first-order valence-corrected chi connectivity index (χ1v) is 12.5. The van der Waals surface area contributed by atoms with Gasteiger partial charge in [0.05, 0.1) is 21.3 Å². The summed E-state index contributed by atoms with van der Waals surface area (Å²) >= 11 is 0. The van der Waals surface area contributed by atoms with E-state index in [4.69, 9.17) is 14.2 Å². The zero-order valence-corrected chi connectivity index (χ0v) is 21.0. The van der Waals surface area contributed by atoms with Crippen LogP contribution in [0.5, 0.6) is 17.2 Å². The lowest BCUT2D eigenvalue weighted by Gasteiger charge is -2.37. The van der Waals surface area contributed by atoms with E-state index < -0.39 is 0 Å². The zero-order chi connectivity index (χ0) is 24.1. The highest BCUT2D eigenvalue weighted by atomic mass is 16.5. The first kappa shape index (κ1) is 24.4. The number of methoxy groups -OCH3 is 3. The van der Waals surface area contributed by atoms with Crippen LogP contribution in [-0.4, -0.2) is 69.3 Å². The molecule has 2 aromatic carbocycles. The van der Waals surface area contributed by atoms with Gasteiger partial charge in [0.1, 0.15) is 17.2 Å². The highest BCUT2D eigenvalue weighted by molar-refractivity contribution is 5.94. The van der Waals surface area contributed by atoms with Crippen LogP contribution in [-0.2, 0) is 12.8 Å². The van der Waals surface area contributed by atoms with E-state index in [1.165, 1.54) is 11.1 Å². The molecule has 0 bridgehead atoms. The molecule has 1 amide bonds. The molecular weight excluding hydrogens is 428 g/mol. The van der Waals surface area contributed by atoms with Crippen molar-refractivity contribution in [2.45, 2.75) is 45.1 Å². The van der Waals surface area contributed by atoms with E-state index in [1.807, 2.05) is 41.3 Å². The number of amides is 1. The minimum atomic E-state index is 0.105. The van der Waals surface area contributed by atoms with Crippen molar-refractivity contribution in [2.75, 3.05) is 47.5 Å². The van der Waals surface area contributed by atoms with Gasteiger partial charge in [-0.1, -0.05) is 13.0 Å². The first-order valence-electron chi connectivity index (χ1n) is 12.5. The summed E-state index contributed by atoms with van der Waals surface area (Å²) in [5.74, 6) is 3.38. The van der Waals surface area contributed by atoms with Gasteiger partial charge in [0.2, 0.25) is 0 Å². The topological polar surface area (TPSA) is 51.2 Å². The number of rotatable bonds is 9. The van der Waals surface area contributed by atoms with Crippen LogP contribution in [0.2, 0.25) is 0 Å². The lowest BCUT2D eigenvalue weighted by atomic mass is 9.94. The average molecular weight is 467 g/mol. The fourth-order valence-electron chi connectivity index (χ4n) is 5.58. The van der Waals surface area contributed by atoms with Gasteiger partial charge in [-0.2, -0.15) is 0 Å². The normalized spacial score (nSPS) is 16.6. The number of benzene rings is 2. The molecule has 1 fully saturated rings. The SMILES string of the molecule is CCCN(CC1CCN(C(=O)c2cccc(OC)c2)CC1)C1Cc2c(OC)ccc(OC)c2C1. The van der Waals surface area contributed by atoms with Crippen LogP contribution in [0, 0.1) is 5.92 Å². The van der Waals surface area contributed by atoms with Crippen molar-refractivity contribution in [1.29, 1.82) is 0 Å². The van der Waals surface area contributed by atoms with Crippen molar-refractivity contribution in [3.63, 3.8) is 0 Å². The molecule has 2 aliphatic rings. The highest BCUT2D eigenvalue weighted by Gasteiger charge is 2.33. The van der Waals surface area contributed by atoms with E-state index in [0.29, 0.717) is 17.5 Å². The predicted molar refractivity (Wildman–Crippen MR) is 134 cm³/mol. The fourth-order valence-corrected chi connectivity index (χ4v) is 5.58. The lowest BCUT2D eigenvalue weighted by Crippen LogP contribution is -2.44. The van der Waals surface area contributed by atoms with E-state index in [-0.39, 0.29) is 5.91 Å². The number of hydrogen-bond acceptors (Lipinski definition) is 5. The maximum atomic E-state index is 13.0. The lowest BCUT2D eigenvalue weighted by molar-refractivity contribution is 0.0649. The molecule has 0 radical (unpaired) electrons. The standard InChI is InChI=1S/C28H38N2O4/c1-5-13-30(22-17-24-25(18-22)27(34-4)10-9-26(24)33-3)19-20-11-14-29(15-12-20)28(31)21-7-6-8-23(16-21)32-2/h6-10,16,20,22H,5,11-15,17-19H2,1-4H3. The van der Waals surface area contributed by atoms with Crippen LogP contribution >= 0.6 is 0 Å². The Kier molecular flexibility index (Phi) is 7.99. The molecule has 1 aliphatic heterocycles. The quantitative estimate of drug-likeness (QED) is 0.547. The van der Waals surface area contributed by atoms with Crippen molar-refractivity contribution in [3.05, 3.63) is 53.1 Å². The van der Waals surface area contributed by atoms with Gasteiger partial charge in [0.25, 0.3) is 5.91 Å². The number of hydrogen-bond donors (Lipinski definition) is 0. The number of nitrogens with zero attached hydrogens (tertiary/aromatic N) is 2. The third kappa shape index (κ3) is 5.17.